The first-order valence-electron chi connectivity index (χ1n) is 6.86. The molecule has 2 aromatic rings. The van der Waals surface area contributed by atoms with E-state index in [1.807, 2.05) is 18.2 Å². The number of amides is 1. The van der Waals surface area contributed by atoms with Crippen molar-refractivity contribution >= 4 is 5.91 Å². The summed E-state index contributed by atoms with van der Waals surface area (Å²) in [4.78, 5) is 11.1. The average molecular weight is 283 g/mol. The number of carbonyl (C=O) groups is 1. The molecular weight excluding hydrogens is 262 g/mol. The molecule has 110 valence electrons. The van der Waals surface area contributed by atoms with Crippen molar-refractivity contribution in [2.75, 3.05) is 0 Å². The zero-order valence-corrected chi connectivity index (χ0v) is 12.3. The standard InChI is InChI=1S/C16H17NO.C2H4O/c1-2-4-12-7-9-13(10-8-12)14-5-3-6-15(11-14)16(17)18;1-2-3/h3,5-11H,2,4H2,1H3,(H2,17,18);2-3H,1H2. The maximum atomic E-state index is 11.1. The van der Waals surface area contributed by atoms with Gasteiger partial charge in [-0.15, -0.1) is 0 Å². The van der Waals surface area contributed by atoms with Gasteiger partial charge in [0.05, 0.1) is 6.26 Å². The Balaban J connectivity index is 0.000000677. The van der Waals surface area contributed by atoms with E-state index in [1.54, 1.807) is 6.07 Å². The van der Waals surface area contributed by atoms with E-state index in [1.165, 1.54) is 5.56 Å². The predicted molar refractivity (Wildman–Crippen MR) is 87.2 cm³/mol. The van der Waals surface area contributed by atoms with E-state index >= 15 is 0 Å². The fourth-order valence-electron chi connectivity index (χ4n) is 2.00. The second-order valence-corrected chi connectivity index (χ2v) is 4.57. The summed E-state index contributed by atoms with van der Waals surface area (Å²) >= 11 is 0. The Morgan fingerprint density at radius 3 is 2.33 bits per heavy atom. The van der Waals surface area contributed by atoms with Crippen LogP contribution in [0.3, 0.4) is 0 Å². The van der Waals surface area contributed by atoms with E-state index in [4.69, 9.17) is 10.8 Å². The number of benzene rings is 2. The summed E-state index contributed by atoms with van der Waals surface area (Å²) in [6.07, 6.45) is 3.00. The number of aliphatic hydroxyl groups is 1. The number of hydrogen-bond donors (Lipinski definition) is 2. The van der Waals surface area contributed by atoms with Gasteiger partial charge in [-0.1, -0.05) is 56.3 Å². The van der Waals surface area contributed by atoms with E-state index < -0.39 is 0 Å². The number of hydrogen-bond acceptors (Lipinski definition) is 2. The van der Waals surface area contributed by atoms with Crippen LogP contribution >= 0.6 is 0 Å². The van der Waals surface area contributed by atoms with Crippen LogP contribution in [0.15, 0.2) is 61.4 Å². The first-order chi connectivity index (χ1) is 10.1. The van der Waals surface area contributed by atoms with Crippen LogP contribution in [0.2, 0.25) is 0 Å². The minimum atomic E-state index is -0.389. The van der Waals surface area contributed by atoms with Crippen molar-refractivity contribution in [3.8, 4) is 11.1 Å². The number of rotatable bonds is 4. The van der Waals surface area contributed by atoms with Gasteiger partial charge in [-0.25, -0.2) is 0 Å². The fraction of sp³-hybridized carbons (Fsp3) is 0.167. The summed E-state index contributed by atoms with van der Waals surface area (Å²) in [5.41, 5.74) is 9.30. The van der Waals surface area contributed by atoms with Crippen molar-refractivity contribution in [3.63, 3.8) is 0 Å². The van der Waals surface area contributed by atoms with Gasteiger partial charge in [0.1, 0.15) is 0 Å². The number of nitrogens with two attached hydrogens (primary N) is 1. The minimum Gasteiger partial charge on any atom is -0.516 e. The van der Waals surface area contributed by atoms with Gasteiger partial charge in [0, 0.05) is 5.56 Å². The largest absolute Gasteiger partial charge is 0.516 e. The summed E-state index contributed by atoms with van der Waals surface area (Å²) in [7, 11) is 0. The molecule has 0 atom stereocenters. The highest BCUT2D eigenvalue weighted by atomic mass is 16.2. The summed E-state index contributed by atoms with van der Waals surface area (Å²) < 4.78 is 0. The van der Waals surface area contributed by atoms with Crippen LogP contribution in [0.25, 0.3) is 11.1 Å². The molecule has 0 bridgehead atoms. The van der Waals surface area contributed by atoms with Crippen molar-refractivity contribution < 1.29 is 9.90 Å². The van der Waals surface area contributed by atoms with Crippen LogP contribution in [-0.4, -0.2) is 11.0 Å². The molecule has 0 aliphatic carbocycles. The van der Waals surface area contributed by atoms with Crippen LogP contribution in [0.5, 0.6) is 0 Å². The SMILES string of the molecule is C=CO.CCCc1ccc(-c2cccc(C(N)=O)c2)cc1. The molecule has 2 aromatic carbocycles. The molecule has 3 nitrogen and oxygen atoms in total. The second-order valence-electron chi connectivity index (χ2n) is 4.57. The lowest BCUT2D eigenvalue weighted by Crippen LogP contribution is -2.10. The Kier molecular flexibility index (Phi) is 6.75. The Bertz CT molecular complexity index is 588. The zero-order chi connectivity index (χ0) is 15.7. The lowest BCUT2D eigenvalue weighted by atomic mass is 10.0. The van der Waals surface area contributed by atoms with Crippen LogP contribution in [0.1, 0.15) is 29.3 Å². The van der Waals surface area contributed by atoms with E-state index in [0.717, 1.165) is 30.2 Å². The Morgan fingerprint density at radius 1 is 1.19 bits per heavy atom. The summed E-state index contributed by atoms with van der Waals surface area (Å²) in [6, 6.07) is 15.9. The van der Waals surface area contributed by atoms with E-state index in [-0.39, 0.29) is 5.91 Å². The van der Waals surface area contributed by atoms with Gasteiger partial charge in [-0.05, 0) is 35.2 Å². The van der Waals surface area contributed by atoms with Crippen LogP contribution < -0.4 is 5.73 Å². The van der Waals surface area contributed by atoms with Crippen molar-refractivity contribution in [3.05, 3.63) is 72.5 Å². The molecule has 0 radical (unpaired) electrons. The molecule has 0 saturated heterocycles. The molecule has 0 aliphatic heterocycles. The van der Waals surface area contributed by atoms with Crippen molar-refractivity contribution in [2.45, 2.75) is 19.8 Å². The van der Waals surface area contributed by atoms with Gasteiger partial charge in [-0.2, -0.15) is 0 Å². The molecule has 1 amide bonds. The quantitative estimate of drug-likeness (QED) is 0.830. The van der Waals surface area contributed by atoms with E-state index in [2.05, 4.69) is 37.8 Å². The molecule has 2 rings (SSSR count). The molecular formula is C18H21NO2. The zero-order valence-electron chi connectivity index (χ0n) is 12.3. The highest BCUT2D eigenvalue weighted by Crippen LogP contribution is 2.21. The van der Waals surface area contributed by atoms with Gasteiger partial charge in [-0.3, -0.25) is 4.79 Å². The normalized spacial score (nSPS) is 9.38. The number of primary amides is 1. The van der Waals surface area contributed by atoms with Crippen LogP contribution in [0.4, 0.5) is 0 Å². The van der Waals surface area contributed by atoms with Crippen molar-refractivity contribution in [1.82, 2.24) is 0 Å². The monoisotopic (exact) mass is 283 g/mol. The van der Waals surface area contributed by atoms with Crippen LogP contribution in [0, 0.1) is 0 Å². The smallest absolute Gasteiger partial charge is 0.248 e. The molecule has 0 aliphatic rings. The molecule has 3 N–H and O–H groups in total. The molecule has 0 saturated carbocycles. The first-order valence-corrected chi connectivity index (χ1v) is 6.86. The van der Waals surface area contributed by atoms with Gasteiger partial charge < -0.3 is 10.8 Å². The van der Waals surface area contributed by atoms with Crippen LogP contribution in [-0.2, 0) is 6.42 Å². The number of aryl methyl sites for hydroxylation is 1. The molecule has 0 spiro atoms. The molecule has 0 heterocycles. The highest BCUT2D eigenvalue weighted by Gasteiger charge is 2.03. The third kappa shape index (κ3) is 5.15. The van der Waals surface area contributed by atoms with Gasteiger partial charge in [0.15, 0.2) is 0 Å². The third-order valence-corrected chi connectivity index (χ3v) is 2.97. The molecule has 0 unspecified atom stereocenters. The predicted octanol–water partition coefficient (Wildman–Crippen LogP) is 4.09. The number of carbonyl (C=O) groups excluding carboxylic acids is 1. The van der Waals surface area contributed by atoms with Crippen molar-refractivity contribution in [1.29, 1.82) is 0 Å². The Hall–Kier alpha value is -2.55. The third-order valence-electron chi connectivity index (χ3n) is 2.97. The maximum Gasteiger partial charge on any atom is 0.248 e. The van der Waals surface area contributed by atoms with Gasteiger partial charge in [0.2, 0.25) is 5.91 Å². The van der Waals surface area contributed by atoms with E-state index in [9.17, 15) is 4.79 Å². The van der Waals surface area contributed by atoms with Gasteiger partial charge >= 0.3 is 0 Å². The molecule has 3 heteroatoms. The van der Waals surface area contributed by atoms with E-state index in [0.29, 0.717) is 5.56 Å². The first kappa shape index (κ1) is 16.5. The van der Waals surface area contributed by atoms with Gasteiger partial charge in [0.25, 0.3) is 0 Å². The lowest BCUT2D eigenvalue weighted by molar-refractivity contribution is 0.100. The lowest BCUT2D eigenvalue weighted by Gasteiger charge is -2.05. The fourth-order valence-corrected chi connectivity index (χ4v) is 2.00. The molecule has 0 fully saturated rings. The minimum absolute atomic E-state index is 0.389. The summed E-state index contributed by atoms with van der Waals surface area (Å²) in [5, 5.41) is 7.33. The second kappa shape index (κ2) is 8.59. The number of aliphatic hydroxyl groups excluding tert-OH is 1. The molecule has 0 aromatic heterocycles. The highest BCUT2D eigenvalue weighted by molar-refractivity contribution is 5.94. The Labute approximate surface area is 125 Å². The van der Waals surface area contributed by atoms with Crippen molar-refractivity contribution in [2.24, 2.45) is 5.73 Å². The maximum absolute atomic E-state index is 11.1. The average Bonchev–Trinajstić information content (AvgIpc) is 2.49. The molecule has 21 heavy (non-hydrogen) atoms. The Morgan fingerprint density at radius 2 is 1.81 bits per heavy atom. The summed E-state index contributed by atoms with van der Waals surface area (Å²) in [5.74, 6) is -0.389. The summed E-state index contributed by atoms with van der Waals surface area (Å²) in [6.45, 7) is 5.09. The topological polar surface area (TPSA) is 63.3 Å².